The van der Waals surface area contributed by atoms with Gasteiger partial charge in [0, 0.05) is 36.4 Å². The predicted octanol–water partition coefficient (Wildman–Crippen LogP) is 2.49. The molecule has 5 heteroatoms. The average Bonchev–Trinajstić information content (AvgIpc) is 3.20. The second kappa shape index (κ2) is 6.30. The van der Waals surface area contributed by atoms with Gasteiger partial charge in [0.1, 0.15) is 0 Å². The van der Waals surface area contributed by atoms with E-state index in [2.05, 4.69) is 50.4 Å². The molecule has 1 amide bonds. The lowest BCUT2D eigenvalue weighted by atomic mass is 10.1. The fourth-order valence-electron chi connectivity index (χ4n) is 3.99. The third-order valence-corrected chi connectivity index (χ3v) is 5.71. The molecule has 1 aliphatic carbocycles. The summed E-state index contributed by atoms with van der Waals surface area (Å²) in [7, 11) is 0. The van der Waals surface area contributed by atoms with Crippen LogP contribution in [0, 0.1) is 6.92 Å². The van der Waals surface area contributed by atoms with Crippen LogP contribution >= 0.6 is 0 Å². The first-order valence-corrected chi connectivity index (χ1v) is 9.28. The number of benzene rings is 1. The molecule has 0 spiro atoms. The Bertz CT molecular complexity index is 793. The molecule has 2 aromatic rings. The van der Waals surface area contributed by atoms with Crippen molar-refractivity contribution in [3.8, 4) is 5.69 Å². The van der Waals surface area contributed by atoms with Crippen LogP contribution in [0.4, 0.5) is 0 Å². The molecule has 2 atom stereocenters. The van der Waals surface area contributed by atoms with Gasteiger partial charge in [-0.25, -0.2) is 4.68 Å². The van der Waals surface area contributed by atoms with Gasteiger partial charge in [0.2, 0.25) is 0 Å². The van der Waals surface area contributed by atoms with Gasteiger partial charge in [-0.2, -0.15) is 5.10 Å². The summed E-state index contributed by atoms with van der Waals surface area (Å²) in [5.74, 6) is 0.0878. The van der Waals surface area contributed by atoms with E-state index in [1.54, 1.807) is 0 Å². The van der Waals surface area contributed by atoms with Crippen LogP contribution in [0.25, 0.3) is 5.69 Å². The van der Waals surface area contributed by atoms with Gasteiger partial charge in [0.15, 0.2) is 5.69 Å². The van der Waals surface area contributed by atoms with E-state index in [-0.39, 0.29) is 11.9 Å². The Kier molecular flexibility index (Phi) is 4.12. The standard InChI is InChI=1S/C20H26N4O/c1-13-7-9-16(10-8-13)24-18-6-4-5-17(18)19(22-24)20(25)23-12-11-21-14(2)15(23)3/h7-10,14-15,21H,4-6,11-12H2,1-3H3. The van der Waals surface area contributed by atoms with Crippen molar-refractivity contribution in [2.75, 3.05) is 13.1 Å². The normalized spacial score (nSPS) is 22.9. The summed E-state index contributed by atoms with van der Waals surface area (Å²) in [5.41, 5.74) is 5.30. The smallest absolute Gasteiger partial charge is 0.275 e. The molecule has 0 bridgehead atoms. The van der Waals surface area contributed by atoms with Crippen molar-refractivity contribution >= 4 is 5.91 Å². The quantitative estimate of drug-likeness (QED) is 0.915. The molecule has 0 saturated carbocycles. The van der Waals surface area contributed by atoms with Crippen LogP contribution in [0.15, 0.2) is 24.3 Å². The number of nitrogens with zero attached hydrogens (tertiary/aromatic N) is 3. The second-order valence-corrected chi connectivity index (χ2v) is 7.36. The van der Waals surface area contributed by atoms with Gasteiger partial charge in [-0.05, 0) is 52.2 Å². The van der Waals surface area contributed by atoms with Gasteiger partial charge in [-0.15, -0.1) is 0 Å². The van der Waals surface area contributed by atoms with E-state index in [9.17, 15) is 4.79 Å². The van der Waals surface area contributed by atoms with Gasteiger partial charge in [0.25, 0.3) is 5.91 Å². The van der Waals surface area contributed by atoms with Gasteiger partial charge < -0.3 is 10.2 Å². The Balaban J connectivity index is 1.72. The number of hydrogen-bond acceptors (Lipinski definition) is 3. The van der Waals surface area contributed by atoms with Crippen molar-refractivity contribution < 1.29 is 4.79 Å². The van der Waals surface area contributed by atoms with Crippen molar-refractivity contribution in [1.82, 2.24) is 20.0 Å². The zero-order valence-corrected chi connectivity index (χ0v) is 15.2. The molecular weight excluding hydrogens is 312 g/mol. The highest BCUT2D eigenvalue weighted by Gasteiger charge is 2.34. The van der Waals surface area contributed by atoms with Crippen molar-refractivity contribution in [2.24, 2.45) is 0 Å². The first-order valence-electron chi connectivity index (χ1n) is 9.28. The number of hydrogen-bond donors (Lipinski definition) is 1. The zero-order valence-electron chi connectivity index (χ0n) is 15.2. The van der Waals surface area contributed by atoms with E-state index in [4.69, 9.17) is 5.10 Å². The summed E-state index contributed by atoms with van der Waals surface area (Å²) in [5, 5.41) is 8.21. The van der Waals surface area contributed by atoms with E-state index in [0.717, 1.165) is 43.6 Å². The van der Waals surface area contributed by atoms with Crippen LogP contribution in [0.3, 0.4) is 0 Å². The summed E-state index contributed by atoms with van der Waals surface area (Å²) >= 11 is 0. The maximum Gasteiger partial charge on any atom is 0.275 e. The van der Waals surface area contributed by atoms with Crippen molar-refractivity contribution in [2.45, 2.75) is 52.1 Å². The number of aryl methyl sites for hydroxylation is 1. The molecule has 132 valence electrons. The maximum atomic E-state index is 13.2. The molecule has 25 heavy (non-hydrogen) atoms. The third kappa shape index (κ3) is 2.76. The van der Waals surface area contributed by atoms with Crippen molar-refractivity contribution in [3.05, 3.63) is 46.8 Å². The molecule has 1 fully saturated rings. The maximum absolute atomic E-state index is 13.2. The minimum atomic E-state index is 0.0878. The molecule has 1 aromatic heterocycles. The third-order valence-electron chi connectivity index (χ3n) is 5.71. The molecule has 1 N–H and O–H groups in total. The van der Waals surface area contributed by atoms with Crippen molar-refractivity contribution in [1.29, 1.82) is 0 Å². The average molecular weight is 338 g/mol. The molecule has 2 unspecified atom stereocenters. The fourth-order valence-corrected chi connectivity index (χ4v) is 3.99. The predicted molar refractivity (Wildman–Crippen MR) is 98.3 cm³/mol. The minimum absolute atomic E-state index is 0.0878. The molecule has 1 aliphatic heterocycles. The van der Waals surface area contributed by atoms with Gasteiger partial charge in [-0.3, -0.25) is 4.79 Å². The van der Waals surface area contributed by atoms with Gasteiger partial charge in [0.05, 0.1) is 5.69 Å². The summed E-state index contributed by atoms with van der Waals surface area (Å²) < 4.78 is 1.99. The number of fused-ring (bicyclic) bond motifs is 1. The number of nitrogens with one attached hydrogen (secondary N) is 1. The Morgan fingerprint density at radius 1 is 1.20 bits per heavy atom. The molecule has 2 aliphatic rings. The molecular formula is C20H26N4O. The first-order chi connectivity index (χ1) is 12.1. The summed E-state index contributed by atoms with van der Waals surface area (Å²) in [6, 6.07) is 8.86. The monoisotopic (exact) mass is 338 g/mol. The minimum Gasteiger partial charge on any atom is -0.332 e. The van der Waals surface area contributed by atoms with Crippen LogP contribution in [-0.2, 0) is 12.8 Å². The highest BCUT2D eigenvalue weighted by molar-refractivity contribution is 5.94. The molecule has 4 rings (SSSR count). The van der Waals surface area contributed by atoms with Crippen LogP contribution in [0.1, 0.15) is 47.6 Å². The first kappa shape index (κ1) is 16.3. The molecule has 1 saturated heterocycles. The largest absolute Gasteiger partial charge is 0.332 e. The number of carbonyl (C=O) groups is 1. The van der Waals surface area contributed by atoms with Gasteiger partial charge >= 0.3 is 0 Å². The number of piperazine rings is 1. The Hall–Kier alpha value is -2.14. The van der Waals surface area contributed by atoms with Crippen LogP contribution in [0.2, 0.25) is 0 Å². The lowest BCUT2D eigenvalue weighted by Crippen LogP contribution is -2.57. The Morgan fingerprint density at radius 2 is 1.96 bits per heavy atom. The van der Waals surface area contributed by atoms with Crippen LogP contribution < -0.4 is 5.32 Å². The number of carbonyl (C=O) groups excluding carboxylic acids is 1. The molecule has 2 heterocycles. The fraction of sp³-hybridized carbons (Fsp3) is 0.500. The summed E-state index contributed by atoms with van der Waals surface area (Å²) in [6.45, 7) is 7.93. The zero-order chi connectivity index (χ0) is 17.6. The second-order valence-electron chi connectivity index (χ2n) is 7.36. The number of rotatable bonds is 2. The lowest BCUT2D eigenvalue weighted by Gasteiger charge is -2.38. The molecule has 0 radical (unpaired) electrons. The van der Waals surface area contributed by atoms with E-state index in [1.165, 1.54) is 11.3 Å². The number of aromatic nitrogens is 2. The molecule has 1 aromatic carbocycles. The highest BCUT2D eigenvalue weighted by Crippen LogP contribution is 2.29. The summed E-state index contributed by atoms with van der Waals surface area (Å²) in [6.07, 6.45) is 3.06. The Morgan fingerprint density at radius 3 is 2.72 bits per heavy atom. The summed E-state index contributed by atoms with van der Waals surface area (Å²) in [4.78, 5) is 15.2. The van der Waals surface area contributed by atoms with E-state index in [1.807, 2.05) is 9.58 Å². The van der Waals surface area contributed by atoms with E-state index < -0.39 is 0 Å². The van der Waals surface area contributed by atoms with Crippen LogP contribution in [-0.4, -0.2) is 45.8 Å². The van der Waals surface area contributed by atoms with E-state index in [0.29, 0.717) is 11.7 Å². The number of amides is 1. The van der Waals surface area contributed by atoms with Crippen molar-refractivity contribution in [3.63, 3.8) is 0 Å². The van der Waals surface area contributed by atoms with E-state index >= 15 is 0 Å². The van der Waals surface area contributed by atoms with Gasteiger partial charge in [-0.1, -0.05) is 17.7 Å². The SMILES string of the molecule is Cc1ccc(-n2nc(C(=O)N3CCNC(C)C3C)c3c2CCC3)cc1. The lowest BCUT2D eigenvalue weighted by molar-refractivity contribution is 0.0595. The van der Waals surface area contributed by atoms with Crippen LogP contribution in [0.5, 0.6) is 0 Å². The Labute approximate surface area is 149 Å². The highest BCUT2D eigenvalue weighted by atomic mass is 16.2. The molecule has 5 nitrogen and oxygen atoms in total. The topological polar surface area (TPSA) is 50.2 Å².